The second-order valence-corrected chi connectivity index (χ2v) is 8.23. The molecule has 0 aromatic heterocycles. The van der Waals surface area contributed by atoms with Gasteiger partial charge in [-0.1, -0.05) is 44.2 Å². The van der Waals surface area contributed by atoms with Crippen LogP contribution in [0, 0.1) is 11.3 Å². The Morgan fingerprint density at radius 1 is 1.33 bits per heavy atom. The summed E-state index contributed by atoms with van der Waals surface area (Å²) >= 11 is 0. The lowest BCUT2D eigenvalue weighted by atomic mass is 9.57. The smallest absolute Gasteiger partial charge is 0.191 e. The zero-order valence-corrected chi connectivity index (χ0v) is 17.2. The first-order valence-corrected chi connectivity index (χ1v) is 10.4. The van der Waals surface area contributed by atoms with Crippen molar-refractivity contribution in [2.75, 3.05) is 26.3 Å². The van der Waals surface area contributed by atoms with Crippen molar-refractivity contribution in [2.45, 2.75) is 58.8 Å². The van der Waals surface area contributed by atoms with Crippen LogP contribution in [0.2, 0.25) is 0 Å². The average molecular weight is 374 g/mol. The van der Waals surface area contributed by atoms with E-state index < -0.39 is 0 Å². The molecule has 4 atom stereocenters. The minimum absolute atomic E-state index is 0.122. The molecule has 1 aliphatic heterocycles. The summed E-state index contributed by atoms with van der Waals surface area (Å²) in [5, 5.41) is 7.04. The number of nitrogens with zero attached hydrogens (tertiary/aromatic N) is 1. The lowest BCUT2D eigenvalue weighted by Gasteiger charge is -2.54. The van der Waals surface area contributed by atoms with Crippen LogP contribution in [0.3, 0.4) is 0 Å². The molecule has 1 saturated carbocycles. The topological polar surface area (TPSA) is 54.9 Å². The second-order valence-electron chi connectivity index (χ2n) is 8.23. The van der Waals surface area contributed by atoms with Gasteiger partial charge in [-0.05, 0) is 32.3 Å². The number of benzene rings is 1. The molecule has 1 aromatic carbocycles. The molecule has 27 heavy (non-hydrogen) atoms. The molecule has 0 amide bonds. The lowest BCUT2D eigenvalue weighted by molar-refractivity contribution is -0.106. The van der Waals surface area contributed by atoms with E-state index in [9.17, 15) is 0 Å². The van der Waals surface area contributed by atoms with E-state index in [0.717, 1.165) is 38.5 Å². The van der Waals surface area contributed by atoms with Crippen molar-refractivity contribution >= 4 is 5.96 Å². The van der Waals surface area contributed by atoms with E-state index in [0.29, 0.717) is 24.7 Å². The molecule has 0 spiro atoms. The van der Waals surface area contributed by atoms with Crippen LogP contribution < -0.4 is 10.6 Å². The first-order valence-electron chi connectivity index (χ1n) is 10.4. The van der Waals surface area contributed by atoms with Crippen molar-refractivity contribution in [3.05, 3.63) is 35.9 Å². The molecule has 2 N–H and O–H groups in total. The van der Waals surface area contributed by atoms with Gasteiger partial charge in [0.15, 0.2) is 5.96 Å². The van der Waals surface area contributed by atoms with Crippen LogP contribution in [0.15, 0.2) is 35.3 Å². The molecule has 1 aromatic rings. The predicted molar refractivity (Wildman–Crippen MR) is 110 cm³/mol. The Kier molecular flexibility index (Phi) is 6.77. The van der Waals surface area contributed by atoms with Crippen LogP contribution in [-0.4, -0.2) is 44.4 Å². The third kappa shape index (κ3) is 4.64. The van der Waals surface area contributed by atoms with E-state index in [2.05, 4.69) is 62.6 Å². The maximum atomic E-state index is 5.95. The summed E-state index contributed by atoms with van der Waals surface area (Å²) in [6.07, 6.45) is 2.58. The molecule has 0 radical (unpaired) electrons. The maximum absolute atomic E-state index is 5.95. The van der Waals surface area contributed by atoms with E-state index >= 15 is 0 Å². The normalized spacial score (nSPS) is 27.6. The molecular formula is C22H35N3O2. The van der Waals surface area contributed by atoms with Crippen molar-refractivity contribution < 1.29 is 9.47 Å². The Hall–Kier alpha value is -1.59. The highest BCUT2D eigenvalue weighted by Crippen LogP contribution is 2.52. The van der Waals surface area contributed by atoms with E-state index in [1.165, 1.54) is 5.56 Å². The molecular weight excluding hydrogens is 338 g/mol. The Morgan fingerprint density at radius 2 is 2.11 bits per heavy atom. The first-order chi connectivity index (χ1) is 13.0. The Morgan fingerprint density at radius 3 is 2.85 bits per heavy atom. The highest BCUT2D eigenvalue weighted by Gasteiger charge is 2.59. The number of aliphatic imine (C=N–C) groups is 1. The van der Waals surface area contributed by atoms with Crippen molar-refractivity contribution in [1.82, 2.24) is 10.6 Å². The van der Waals surface area contributed by atoms with Gasteiger partial charge in [-0.25, -0.2) is 0 Å². The fourth-order valence-electron chi connectivity index (χ4n) is 4.42. The minimum atomic E-state index is 0.122. The lowest BCUT2D eigenvalue weighted by Crippen LogP contribution is -2.67. The fraction of sp³-hybridized carbons (Fsp3) is 0.682. The summed E-state index contributed by atoms with van der Waals surface area (Å²) in [5.74, 6) is 1.52. The second kappa shape index (κ2) is 9.07. The highest BCUT2D eigenvalue weighted by molar-refractivity contribution is 5.80. The van der Waals surface area contributed by atoms with Gasteiger partial charge in [0.2, 0.25) is 0 Å². The van der Waals surface area contributed by atoms with Crippen molar-refractivity contribution in [1.29, 1.82) is 0 Å². The number of hydrogen-bond donors (Lipinski definition) is 2. The van der Waals surface area contributed by atoms with Crippen molar-refractivity contribution in [2.24, 2.45) is 16.3 Å². The zero-order chi connectivity index (χ0) is 19.3. The van der Waals surface area contributed by atoms with Gasteiger partial charge < -0.3 is 20.1 Å². The molecule has 1 saturated heterocycles. The highest BCUT2D eigenvalue weighted by atomic mass is 16.5. The van der Waals surface area contributed by atoms with Gasteiger partial charge in [0.25, 0.3) is 0 Å². The third-order valence-corrected chi connectivity index (χ3v) is 5.95. The summed E-state index contributed by atoms with van der Waals surface area (Å²) in [4.78, 5) is 4.76. The van der Waals surface area contributed by atoms with Gasteiger partial charge >= 0.3 is 0 Å². The van der Waals surface area contributed by atoms with Gasteiger partial charge in [0.1, 0.15) is 0 Å². The molecule has 2 fully saturated rings. The Labute approximate surface area is 163 Å². The number of guanidine groups is 1. The van der Waals surface area contributed by atoms with Crippen LogP contribution in [0.5, 0.6) is 0 Å². The molecule has 5 heteroatoms. The van der Waals surface area contributed by atoms with Gasteiger partial charge in [-0.3, -0.25) is 4.99 Å². The molecule has 1 aliphatic carbocycles. The molecule has 1 heterocycles. The van der Waals surface area contributed by atoms with Gasteiger partial charge in [0.05, 0.1) is 12.2 Å². The van der Waals surface area contributed by atoms with Gasteiger partial charge in [0, 0.05) is 43.7 Å². The first kappa shape index (κ1) is 20.2. The Bertz CT molecular complexity index is 617. The van der Waals surface area contributed by atoms with Crippen LogP contribution >= 0.6 is 0 Å². The summed E-state index contributed by atoms with van der Waals surface area (Å²) in [6, 6.07) is 10.8. The van der Waals surface area contributed by atoms with Gasteiger partial charge in [-0.15, -0.1) is 0 Å². The number of fused-ring (bicyclic) bond motifs is 1. The quantitative estimate of drug-likeness (QED) is 0.416. The van der Waals surface area contributed by atoms with Crippen LogP contribution in [-0.2, 0) is 9.47 Å². The number of rotatable bonds is 8. The molecule has 4 unspecified atom stereocenters. The van der Waals surface area contributed by atoms with Crippen LogP contribution in [0.25, 0.3) is 0 Å². The summed E-state index contributed by atoms with van der Waals surface area (Å²) < 4.78 is 11.8. The molecule has 2 aliphatic rings. The fourth-order valence-corrected chi connectivity index (χ4v) is 4.42. The van der Waals surface area contributed by atoms with Gasteiger partial charge in [-0.2, -0.15) is 0 Å². The molecule has 5 nitrogen and oxygen atoms in total. The maximum Gasteiger partial charge on any atom is 0.191 e. The summed E-state index contributed by atoms with van der Waals surface area (Å²) in [7, 11) is 0. The zero-order valence-electron chi connectivity index (χ0n) is 17.2. The van der Waals surface area contributed by atoms with Crippen molar-refractivity contribution in [3.8, 4) is 0 Å². The standard InChI is InChI=1S/C22H35N3O2/c1-5-23-21(25-19-18-12-15-27-20(18)22(19,3)4)24-13-9-14-26-16(2)17-10-7-6-8-11-17/h6-8,10-11,16,18-20H,5,9,12-15H2,1-4H3,(H2,23,24,25). The summed E-state index contributed by atoms with van der Waals surface area (Å²) in [5.41, 5.74) is 1.38. The SMILES string of the molecule is CCNC(=NCCCOC(C)c1ccccc1)NC1C2CCOC2C1(C)C. The van der Waals surface area contributed by atoms with Crippen LogP contribution in [0.4, 0.5) is 0 Å². The average Bonchev–Trinajstić information content (AvgIpc) is 3.13. The van der Waals surface area contributed by atoms with Crippen molar-refractivity contribution in [3.63, 3.8) is 0 Å². The molecule has 0 bridgehead atoms. The predicted octanol–water partition coefficient (Wildman–Crippen LogP) is 3.52. The summed E-state index contributed by atoms with van der Waals surface area (Å²) in [6.45, 7) is 12.0. The van der Waals surface area contributed by atoms with E-state index in [1.807, 2.05) is 6.07 Å². The number of ether oxygens (including phenoxy) is 2. The third-order valence-electron chi connectivity index (χ3n) is 5.95. The van der Waals surface area contributed by atoms with E-state index in [-0.39, 0.29) is 11.5 Å². The molecule has 150 valence electrons. The molecule has 3 rings (SSSR count). The minimum Gasteiger partial charge on any atom is -0.377 e. The largest absolute Gasteiger partial charge is 0.377 e. The monoisotopic (exact) mass is 373 g/mol. The van der Waals surface area contributed by atoms with Crippen LogP contribution in [0.1, 0.15) is 52.2 Å². The van der Waals surface area contributed by atoms with E-state index in [1.54, 1.807) is 0 Å². The number of hydrogen-bond acceptors (Lipinski definition) is 3. The van der Waals surface area contributed by atoms with E-state index in [4.69, 9.17) is 14.5 Å². The Balaban J connectivity index is 1.44. The number of nitrogens with one attached hydrogen (secondary N) is 2.